The Bertz CT molecular complexity index is 741. The predicted octanol–water partition coefficient (Wildman–Crippen LogP) is 4.22. The van der Waals surface area contributed by atoms with Crippen LogP contribution in [-0.4, -0.2) is 29.6 Å². The van der Waals surface area contributed by atoms with E-state index in [1.807, 2.05) is 0 Å². The van der Waals surface area contributed by atoms with Crippen LogP contribution in [0.3, 0.4) is 0 Å². The summed E-state index contributed by atoms with van der Waals surface area (Å²) in [5.41, 5.74) is 1.47. The van der Waals surface area contributed by atoms with Crippen LogP contribution in [0.25, 0.3) is 0 Å². The summed E-state index contributed by atoms with van der Waals surface area (Å²) in [6, 6.07) is 0. The number of rotatable bonds is 2. The molecule has 148 valence electrons. The summed E-state index contributed by atoms with van der Waals surface area (Å²) in [7, 11) is 0. The molecule has 3 saturated carbocycles. The van der Waals surface area contributed by atoms with E-state index in [9.17, 15) is 9.59 Å². The predicted molar refractivity (Wildman–Crippen MR) is 101 cm³/mol. The third kappa shape index (κ3) is 2.25. The van der Waals surface area contributed by atoms with Gasteiger partial charge in [-0.15, -0.1) is 0 Å². The van der Waals surface area contributed by atoms with Crippen molar-refractivity contribution < 1.29 is 19.1 Å². The van der Waals surface area contributed by atoms with Gasteiger partial charge in [0.1, 0.15) is 12.2 Å². The molecule has 4 heteroatoms. The van der Waals surface area contributed by atoms with E-state index in [4.69, 9.17) is 9.47 Å². The van der Waals surface area contributed by atoms with Gasteiger partial charge in [0.25, 0.3) is 0 Å². The maximum absolute atomic E-state index is 12.3. The molecule has 0 bridgehead atoms. The molecule has 4 aliphatic carbocycles. The second-order valence-corrected chi connectivity index (χ2v) is 10.4. The molecular weight excluding hydrogens is 340 g/mol. The van der Waals surface area contributed by atoms with Gasteiger partial charge in [-0.3, -0.25) is 9.59 Å². The molecule has 4 nitrogen and oxygen atoms in total. The fraction of sp³-hybridized carbons (Fsp3) is 0.826. The monoisotopic (exact) mass is 372 g/mol. The number of Topliss-reactive ketones (excluding diaryl/α,β-unsaturated/α-hetero) is 1. The van der Waals surface area contributed by atoms with Crippen LogP contribution in [0.4, 0.5) is 0 Å². The van der Waals surface area contributed by atoms with Gasteiger partial charge in [0.05, 0.1) is 0 Å². The van der Waals surface area contributed by atoms with Crippen molar-refractivity contribution in [2.24, 2.45) is 28.6 Å². The van der Waals surface area contributed by atoms with Gasteiger partial charge in [-0.25, -0.2) is 0 Å². The normalized spacial score (nSPS) is 52.6. The van der Waals surface area contributed by atoms with E-state index in [2.05, 4.69) is 19.9 Å². The molecule has 0 N–H and O–H groups in total. The molecule has 0 aromatic rings. The smallest absolute Gasteiger partial charge is 0.302 e. The molecule has 8 atom stereocenters. The van der Waals surface area contributed by atoms with Crippen molar-refractivity contribution in [2.45, 2.75) is 90.4 Å². The lowest BCUT2D eigenvalue weighted by Crippen LogP contribution is -2.51. The maximum atomic E-state index is 12.3. The summed E-state index contributed by atoms with van der Waals surface area (Å²) in [6.07, 6.45) is 10.1. The number of epoxide rings is 1. The Kier molecular flexibility index (Phi) is 3.62. The average molecular weight is 373 g/mol. The number of ether oxygens (including phenoxy) is 2. The van der Waals surface area contributed by atoms with Crippen molar-refractivity contribution >= 4 is 11.8 Å². The highest BCUT2D eigenvalue weighted by Crippen LogP contribution is 2.72. The second kappa shape index (κ2) is 5.46. The summed E-state index contributed by atoms with van der Waals surface area (Å²) < 4.78 is 11.6. The van der Waals surface area contributed by atoms with Crippen LogP contribution in [0, 0.1) is 28.6 Å². The number of allylic oxidation sites excluding steroid dienone is 1. The van der Waals surface area contributed by atoms with Crippen molar-refractivity contribution in [3.63, 3.8) is 0 Å². The summed E-state index contributed by atoms with van der Waals surface area (Å²) in [5.74, 6) is 2.02. The lowest BCUT2D eigenvalue weighted by molar-refractivity contribution is -0.148. The van der Waals surface area contributed by atoms with Crippen molar-refractivity contribution in [1.82, 2.24) is 0 Å². The SMILES string of the molecule is CC(=O)O[C@H]1CC[C@@]2(C)C(=CC[C@H]3[C@@H]4C[C@@]5(C(C)=O)O[C@H]5[C@@]4(C)CC[C@@H]32)C1. The lowest BCUT2D eigenvalue weighted by atomic mass is 9.48. The van der Waals surface area contributed by atoms with Crippen LogP contribution in [-0.2, 0) is 19.1 Å². The Labute approximate surface area is 162 Å². The van der Waals surface area contributed by atoms with Crippen LogP contribution in [0.15, 0.2) is 11.6 Å². The molecule has 4 fully saturated rings. The standard InChI is InChI=1S/C23H32O4/c1-13(24)23-12-19-17-6-5-15-11-16(26-14(2)25)7-9-21(15,3)18(17)8-10-22(19,4)20(23)27-23/h5,16-20H,6-12H2,1-4H3/t16-,17+,18-,19-,20-,21-,22-,23-/m0/s1. The number of hydrogen-bond acceptors (Lipinski definition) is 4. The van der Waals surface area contributed by atoms with Crippen molar-refractivity contribution in [2.75, 3.05) is 0 Å². The minimum absolute atomic E-state index is 0.0562. The zero-order chi connectivity index (χ0) is 19.2. The van der Waals surface area contributed by atoms with Gasteiger partial charge in [-0.05, 0) is 68.6 Å². The molecule has 1 aliphatic heterocycles. The van der Waals surface area contributed by atoms with E-state index in [1.165, 1.54) is 25.3 Å². The summed E-state index contributed by atoms with van der Waals surface area (Å²) in [6.45, 7) is 8.07. The summed E-state index contributed by atoms with van der Waals surface area (Å²) >= 11 is 0. The van der Waals surface area contributed by atoms with Crippen molar-refractivity contribution in [1.29, 1.82) is 0 Å². The first kappa shape index (κ1) is 17.9. The van der Waals surface area contributed by atoms with Gasteiger partial charge >= 0.3 is 5.97 Å². The van der Waals surface area contributed by atoms with Gasteiger partial charge in [0.2, 0.25) is 0 Å². The van der Waals surface area contributed by atoms with Crippen molar-refractivity contribution in [3.8, 4) is 0 Å². The molecule has 27 heavy (non-hydrogen) atoms. The Morgan fingerprint density at radius 3 is 2.63 bits per heavy atom. The molecule has 0 amide bonds. The van der Waals surface area contributed by atoms with Gasteiger partial charge in [0, 0.05) is 18.8 Å². The minimum atomic E-state index is -0.452. The quantitative estimate of drug-likeness (QED) is 0.414. The van der Waals surface area contributed by atoms with Crippen molar-refractivity contribution in [3.05, 3.63) is 11.6 Å². The first-order valence-corrected chi connectivity index (χ1v) is 10.8. The Hall–Kier alpha value is -1.16. The molecule has 1 saturated heterocycles. The highest BCUT2D eigenvalue weighted by molar-refractivity contribution is 5.89. The zero-order valence-corrected chi connectivity index (χ0v) is 17.0. The van der Waals surface area contributed by atoms with Crippen LogP contribution in [0.5, 0.6) is 0 Å². The average Bonchev–Trinajstić information content (AvgIpc) is 3.28. The summed E-state index contributed by atoms with van der Waals surface area (Å²) in [4.78, 5) is 23.7. The fourth-order valence-corrected chi connectivity index (χ4v) is 7.76. The molecule has 0 aromatic carbocycles. The van der Waals surface area contributed by atoms with E-state index in [0.717, 1.165) is 32.1 Å². The molecule has 0 unspecified atom stereocenters. The Balaban J connectivity index is 1.42. The van der Waals surface area contributed by atoms with Crippen LogP contribution in [0.2, 0.25) is 0 Å². The third-order valence-electron chi connectivity index (χ3n) is 9.24. The van der Waals surface area contributed by atoms with Crippen LogP contribution >= 0.6 is 0 Å². The fourth-order valence-electron chi connectivity index (χ4n) is 7.76. The number of ketones is 1. The van der Waals surface area contributed by atoms with E-state index in [1.54, 1.807) is 6.92 Å². The first-order chi connectivity index (χ1) is 12.7. The molecule has 1 heterocycles. The van der Waals surface area contributed by atoms with Gasteiger partial charge in [-0.2, -0.15) is 0 Å². The molecule has 0 radical (unpaired) electrons. The van der Waals surface area contributed by atoms with E-state index >= 15 is 0 Å². The highest BCUT2D eigenvalue weighted by Gasteiger charge is 2.77. The minimum Gasteiger partial charge on any atom is -0.462 e. The maximum Gasteiger partial charge on any atom is 0.302 e. The molecule has 5 aliphatic rings. The number of carbonyl (C=O) groups excluding carboxylic acids is 2. The second-order valence-electron chi connectivity index (χ2n) is 10.4. The van der Waals surface area contributed by atoms with E-state index in [0.29, 0.717) is 17.8 Å². The topological polar surface area (TPSA) is 55.9 Å². The third-order valence-corrected chi connectivity index (χ3v) is 9.24. The number of hydrogen-bond donors (Lipinski definition) is 0. The lowest BCUT2D eigenvalue weighted by Gasteiger charge is -2.57. The Morgan fingerprint density at radius 2 is 1.93 bits per heavy atom. The van der Waals surface area contributed by atoms with Gasteiger partial charge < -0.3 is 9.47 Å². The van der Waals surface area contributed by atoms with E-state index in [-0.39, 0.29) is 34.8 Å². The number of fused-ring (bicyclic) bond motifs is 7. The highest BCUT2D eigenvalue weighted by atomic mass is 16.6. The largest absolute Gasteiger partial charge is 0.462 e. The number of carbonyl (C=O) groups is 2. The summed E-state index contributed by atoms with van der Waals surface area (Å²) in [5, 5.41) is 0. The molecular formula is C23H32O4. The zero-order valence-electron chi connectivity index (χ0n) is 17.0. The van der Waals surface area contributed by atoms with Gasteiger partial charge in [-0.1, -0.05) is 25.5 Å². The Morgan fingerprint density at radius 1 is 1.15 bits per heavy atom. The number of esters is 1. The molecule has 0 aromatic heterocycles. The van der Waals surface area contributed by atoms with Gasteiger partial charge in [0.15, 0.2) is 11.4 Å². The van der Waals surface area contributed by atoms with Crippen LogP contribution < -0.4 is 0 Å². The molecule has 0 spiro atoms. The van der Waals surface area contributed by atoms with Crippen LogP contribution in [0.1, 0.15) is 72.6 Å². The molecule has 5 rings (SSSR count). The van der Waals surface area contributed by atoms with E-state index < -0.39 is 5.60 Å². The first-order valence-electron chi connectivity index (χ1n) is 10.8.